The van der Waals surface area contributed by atoms with Crippen LogP contribution < -0.4 is 4.74 Å². The van der Waals surface area contributed by atoms with E-state index in [1.54, 1.807) is 0 Å². The number of rotatable bonds is 4. The Morgan fingerprint density at radius 2 is 1.64 bits per heavy atom. The first-order valence-corrected chi connectivity index (χ1v) is 15.8. The van der Waals surface area contributed by atoms with Crippen molar-refractivity contribution in [3.8, 4) is 22.8 Å². The number of imidazole rings is 1. The summed E-state index contributed by atoms with van der Waals surface area (Å²) in [5.41, 5.74) is 11.3. The minimum Gasteiger partial charge on any atom is -0.456 e. The summed E-state index contributed by atoms with van der Waals surface area (Å²) in [4.78, 5) is 5.10. The summed E-state index contributed by atoms with van der Waals surface area (Å²) in [5.74, 6) is 3.30. The lowest BCUT2D eigenvalue weighted by Gasteiger charge is -2.27. The number of allylic oxidation sites excluding steroid dienone is 8. The topological polar surface area (TPSA) is 27.1 Å². The van der Waals surface area contributed by atoms with Gasteiger partial charge < -0.3 is 4.74 Å². The fourth-order valence-corrected chi connectivity index (χ4v) is 7.40. The van der Waals surface area contributed by atoms with E-state index in [-0.39, 0.29) is 0 Å². The van der Waals surface area contributed by atoms with Gasteiger partial charge in [-0.1, -0.05) is 97.1 Å². The zero-order valence-electron chi connectivity index (χ0n) is 24.5. The van der Waals surface area contributed by atoms with Crippen LogP contribution in [0.15, 0.2) is 127 Å². The minimum atomic E-state index is 0.302. The van der Waals surface area contributed by atoms with Gasteiger partial charge in [0.05, 0.1) is 11.4 Å². The predicted molar refractivity (Wildman–Crippen MR) is 181 cm³/mol. The van der Waals surface area contributed by atoms with Crippen molar-refractivity contribution in [2.75, 3.05) is 0 Å². The summed E-state index contributed by atoms with van der Waals surface area (Å²) >= 11 is 0. The van der Waals surface area contributed by atoms with E-state index in [9.17, 15) is 0 Å². The Morgan fingerprint density at radius 3 is 2.55 bits per heavy atom. The molecule has 3 heteroatoms. The van der Waals surface area contributed by atoms with Gasteiger partial charge in [-0.05, 0) is 90.1 Å². The summed E-state index contributed by atoms with van der Waals surface area (Å²) in [7, 11) is 0. The maximum Gasteiger partial charge on any atom is 0.145 e. The second kappa shape index (κ2) is 10.2. The Morgan fingerprint density at radius 1 is 0.773 bits per heavy atom. The Hall–Kier alpha value is -5.15. The largest absolute Gasteiger partial charge is 0.456 e. The molecule has 0 amide bonds. The molecule has 1 aliphatic heterocycles. The quantitative estimate of drug-likeness (QED) is 0.216. The Labute approximate surface area is 257 Å². The van der Waals surface area contributed by atoms with Crippen LogP contribution in [0.2, 0.25) is 0 Å². The van der Waals surface area contributed by atoms with Crippen molar-refractivity contribution in [3.05, 3.63) is 155 Å². The highest BCUT2D eigenvalue weighted by Gasteiger charge is 2.26. The molecule has 5 aromatic rings. The van der Waals surface area contributed by atoms with Gasteiger partial charge in [0, 0.05) is 28.1 Å². The smallest absolute Gasteiger partial charge is 0.145 e. The third-order valence-electron chi connectivity index (χ3n) is 9.53. The van der Waals surface area contributed by atoms with Gasteiger partial charge in [0.15, 0.2) is 0 Å². The molecule has 1 aromatic heterocycles. The summed E-state index contributed by atoms with van der Waals surface area (Å²) in [6.07, 6.45) is 20.8. The molecular formula is C41H32N2O. The van der Waals surface area contributed by atoms with Gasteiger partial charge in [0.2, 0.25) is 0 Å². The number of benzene rings is 4. The highest BCUT2D eigenvalue weighted by Crippen LogP contribution is 2.46. The maximum atomic E-state index is 6.41. The van der Waals surface area contributed by atoms with E-state index in [0.29, 0.717) is 5.92 Å². The molecule has 1 unspecified atom stereocenters. The lowest BCUT2D eigenvalue weighted by Crippen LogP contribution is -2.09. The van der Waals surface area contributed by atoms with Gasteiger partial charge in [-0.2, -0.15) is 0 Å². The standard InChI is InChI=1S/C41H32N2O/c1-2-10-28(11-3-1)41-42-36-17-5-6-18-37(36)43(41)31-22-20-27(21-23-31)29-12-8-13-30(26-29)32-24-25-39-40-34(32)15-9-16-35(40)33-14-4-7-19-38(33)44-39/h1-3,6-13,15-16,18-25,30H,4-5,14,17,26H2. The van der Waals surface area contributed by atoms with Crippen molar-refractivity contribution in [3.63, 3.8) is 0 Å². The van der Waals surface area contributed by atoms with Crippen LogP contribution >= 0.6 is 0 Å². The Kier molecular flexibility index (Phi) is 5.90. The van der Waals surface area contributed by atoms with Crippen LogP contribution in [0.25, 0.3) is 45.1 Å². The lowest BCUT2D eigenvalue weighted by atomic mass is 9.81. The molecule has 0 radical (unpaired) electrons. The van der Waals surface area contributed by atoms with Crippen LogP contribution in [-0.4, -0.2) is 9.55 Å². The number of hydrogen-bond acceptors (Lipinski definition) is 2. The van der Waals surface area contributed by atoms with Gasteiger partial charge >= 0.3 is 0 Å². The molecular weight excluding hydrogens is 536 g/mol. The van der Waals surface area contributed by atoms with Crippen LogP contribution in [0.4, 0.5) is 0 Å². The van der Waals surface area contributed by atoms with Gasteiger partial charge in [0.1, 0.15) is 17.3 Å². The summed E-state index contributed by atoms with van der Waals surface area (Å²) in [6, 6.07) is 30.8. The third kappa shape index (κ3) is 4.07. The number of aryl methyl sites for hydroxylation is 1. The summed E-state index contributed by atoms with van der Waals surface area (Å²) in [5, 5.41) is 2.57. The molecule has 1 atom stereocenters. The lowest BCUT2D eigenvalue weighted by molar-refractivity contribution is 0.444. The average molecular weight is 569 g/mol. The van der Waals surface area contributed by atoms with E-state index in [0.717, 1.165) is 60.7 Å². The van der Waals surface area contributed by atoms with Crippen molar-refractivity contribution in [1.29, 1.82) is 0 Å². The molecule has 0 saturated carbocycles. The first-order chi connectivity index (χ1) is 21.8. The molecule has 4 aromatic carbocycles. The normalized spacial score (nSPS) is 18.2. The van der Waals surface area contributed by atoms with Gasteiger partial charge in [-0.25, -0.2) is 4.98 Å². The van der Waals surface area contributed by atoms with E-state index < -0.39 is 0 Å². The molecule has 0 spiro atoms. The van der Waals surface area contributed by atoms with E-state index in [4.69, 9.17) is 9.72 Å². The first kappa shape index (κ1) is 25.4. The minimum absolute atomic E-state index is 0.302. The molecule has 0 N–H and O–H groups in total. The van der Waals surface area contributed by atoms with E-state index >= 15 is 0 Å². The van der Waals surface area contributed by atoms with Crippen molar-refractivity contribution in [1.82, 2.24) is 9.55 Å². The van der Waals surface area contributed by atoms with Crippen molar-refractivity contribution < 1.29 is 4.74 Å². The van der Waals surface area contributed by atoms with Crippen LogP contribution in [0, 0.1) is 0 Å². The highest BCUT2D eigenvalue weighted by molar-refractivity contribution is 6.02. The second-order valence-corrected chi connectivity index (χ2v) is 12.1. The Bertz CT molecular complexity index is 2100. The van der Waals surface area contributed by atoms with Crippen molar-refractivity contribution in [2.45, 2.75) is 38.0 Å². The number of ether oxygens (including phenoxy) is 1. The van der Waals surface area contributed by atoms with Gasteiger partial charge in [0.25, 0.3) is 0 Å². The Balaban J connectivity index is 1.05. The summed E-state index contributed by atoms with van der Waals surface area (Å²) < 4.78 is 8.73. The van der Waals surface area contributed by atoms with E-state index in [2.05, 4.69) is 132 Å². The van der Waals surface area contributed by atoms with Crippen molar-refractivity contribution >= 4 is 28.0 Å². The zero-order chi connectivity index (χ0) is 29.0. The number of hydrogen-bond donors (Lipinski definition) is 0. The first-order valence-electron chi connectivity index (χ1n) is 15.8. The van der Waals surface area contributed by atoms with Crippen LogP contribution in [0.5, 0.6) is 5.75 Å². The molecule has 3 aliphatic carbocycles. The predicted octanol–water partition coefficient (Wildman–Crippen LogP) is 10.2. The number of nitrogens with zero attached hydrogens (tertiary/aromatic N) is 2. The van der Waals surface area contributed by atoms with Gasteiger partial charge in [-0.15, -0.1) is 0 Å². The molecule has 0 fully saturated rings. The fraction of sp³-hybridized carbons (Fsp3) is 0.146. The average Bonchev–Trinajstić information content (AvgIpc) is 3.49. The third-order valence-corrected chi connectivity index (χ3v) is 9.53. The van der Waals surface area contributed by atoms with Crippen LogP contribution in [0.3, 0.4) is 0 Å². The molecule has 2 heterocycles. The molecule has 0 saturated heterocycles. The monoisotopic (exact) mass is 568 g/mol. The van der Waals surface area contributed by atoms with Crippen molar-refractivity contribution in [2.24, 2.45) is 0 Å². The zero-order valence-corrected chi connectivity index (χ0v) is 24.5. The molecule has 212 valence electrons. The second-order valence-electron chi connectivity index (χ2n) is 12.1. The van der Waals surface area contributed by atoms with Crippen LogP contribution in [0.1, 0.15) is 59.7 Å². The molecule has 9 rings (SSSR count). The fourth-order valence-electron chi connectivity index (χ4n) is 7.40. The highest BCUT2D eigenvalue weighted by atomic mass is 16.5. The molecule has 3 nitrogen and oxygen atoms in total. The number of aromatic nitrogens is 2. The molecule has 44 heavy (non-hydrogen) atoms. The van der Waals surface area contributed by atoms with Crippen LogP contribution in [-0.2, 0) is 6.42 Å². The SMILES string of the molecule is C1=CC(c2ccc3c4c(cccc24)C2=C(C=CCC2)O3)CC(c2ccc(-n3c(-c4ccccc4)nc4c3C=CCC4)cc2)=C1. The number of fused-ring (bicyclic) bond motifs is 2. The summed E-state index contributed by atoms with van der Waals surface area (Å²) in [6.45, 7) is 0. The van der Waals surface area contributed by atoms with E-state index in [1.165, 1.54) is 50.0 Å². The van der Waals surface area contributed by atoms with Gasteiger partial charge in [-0.3, -0.25) is 4.57 Å². The molecule has 4 aliphatic rings. The maximum absolute atomic E-state index is 6.41. The van der Waals surface area contributed by atoms with E-state index in [1.807, 2.05) is 0 Å². The molecule has 0 bridgehead atoms.